The standard InChI is InChI=1S/2C29H33.C4H8F3Si.2ClH.Zr/c2*1-2-5-23(6-3-1)24-9-11-25(12-10-24)27-8-4-7-26-17-22(18-28(26)27)20-29-15-13-21(19-29)14-16-29;1-8-3-2-4(5,6)7;;;/h2*4,7-12,17-18,21,23H,1-3,5-6,13-16,19-20H2;8H,2-3H2,1H3;2*1H;/q;;;;;+2/p-2. The normalized spacial score (nSPS) is 30.0. The van der Waals surface area contributed by atoms with Crippen LogP contribution in [0.2, 0.25) is 12.6 Å². The fourth-order valence-electron chi connectivity index (χ4n) is 17.2. The van der Waals surface area contributed by atoms with Crippen molar-refractivity contribution in [1.82, 2.24) is 0 Å². The second-order valence-electron chi connectivity index (χ2n) is 24.8. The van der Waals surface area contributed by atoms with Crippen LogP contribution in [0.1, 0.15) is 200 Å². The summed E-state index contributed by atoms with van der Waals surface area (Å²) in [7, 11) is 18.6. The molecule has 0 spiro atoms. The number of hydrogen-bond donors (Lipinski definition) is 0. The van der Waals surface area contributed by atoms with Crippen LogP contribution in [0.4, 0.5) is 13.2 Å². The van der Waals surface area contributed by atoms with E-state index in [4.69, 9.17) is 0 Å². The van der Waals surface area contributed by atoms with Crippen LogP contribution in [0.3, 0.4) is 0 Å². The molecule has 3 atom stereocenters. The van der Waals surface area contributed by atoms with Crippen molar-refractivity contribution >= 4 is 35.1 Å². The molecule has 0 aliphatic heterocycles. The topological polar surface area (TPSA) is 0 Å². The van der Waals surface area contributed by atoms with Gasteiger partial charge in [0, 0.05) is 0 Å². The summed E-state index contributed by atoms with van der Waals surface area (Å²) < 4.78 is 43.8. The number of benzene rings is 4. The van der Waals surface area contributed by atoms with Crippen LogP contribution in [0.5, 0.6) is 0 Å². The molecule has 8 aliphatic rings. The summed E-state index contributed by atoms with van der Waals surface area (Å²) in [6.07, 6.45) is 27.5. The maximum absolute atomic E-state index is 14.8. The van der Waals surface area contributed by atoms with Crippen molar-refractivity contribution in [3.63, 3.8) is 0 Å². The third-order valence-corrected chi connectivity index (χ3v) is 70.9. The van der Waals surface area contributed by atoms with Crippen LogP contribution in [-0.4, -0.2) is 12.1 Å². The van der Waals surface area contributed by atoms with Crippen molar-refractivity contribution in [1.29, 1.82) is 0 Å². The molecule has 0 aromatic heterocycles. The van der Waals surface area contributed by atoms with Gasteiger partial charge in [0.2, 0.25) is 0 Å². The van der Waals surface area contributed by atoms with Crippen molar-refractivity contribution in [3.8, 4) is 22.3 Å². The Balaban J connectivity index is 1.03. The molecular weight excluding hydrogens is 992 g/mol. The van der Waals surface area contributed by atoms with E-state index >= 15 is 0 Å². The predicted octanol–water partition coefficient (Wildman–Crippen LogP) is 19.9. The molecule has 8 aliphatic carbocycles. The SMILES string of the molecule is C[SiH](CCC(F)(F)F)[Zr]([Cl])([Cl])([CH]1C(CC23CCC(CC2)C3)=Cc2c(-c3ccc(C4CCCCC4)cc3)cccc21)[CH]1C(CC23CCC(CC2)C3)=Cc2c(-c3ccc(C4CCCCC4)cc3)cccc21. The zero-order valence-corrected chi connectivity index (χ0v) is 46.3. The third-order valence-electron chi connectivity index (χ3n) is 20.7. The molecule has 12 rings (SSSR count). The average Bonchev–Trinajstić information content (AvgIpc) is 4.25. The molecule has 0 radical (unpaired) electrons. The van der Waals surface area contributed by atoms with E-state index in [2.05, 4.69) is 104 Å². The number of allylic oxidation sites excluding steroid dienone is 2. The van der Waals surface area contributed by atoms with Gasteiger partial charge in [-0.05, 0) is 0 Å². The molecule has 4 aromatic rings. The summed E-state index contributed by atoms with van der Waals surface area (Å²) in [5, 5.41) is 0. The Morgan fingerprint density at radius 3 is 1.32 bits per heavy atom. The van der Waals surface area contributed by atoms with Gasteiger partial charge in [-0.25, -0.2) is 0 Å². The van der Waals surface area contributed by atoms with Gasteiger partial charge >= 0.3 is 424 Å². The molecule has 0 nitrogen and oxygen atoms in total. The summed E-state index contributed by atoms with van der Waals surface area (Å²) in [6, 6.07) is 32.6. The Bertz CT molecular complexity index is 2450. The van der Waals surface area contributed by atoms with Crippen LogP contribution in [-0.2, 0) is 15.6 Å². The fraction of sp³-hybridized carbons (Fsp3) is 0.548. The molecule has 365 valence electrons. The van der Waals surface area contributed by atoms with E-state index in [1.165, 1.54) is 195 Å². The Morgan fingerprint density at radius 1 is 0.551 bits per heavy atom. The summed E-state index contributed by atoms with van der Waals surface area (Å²) >= 11 is -5.76. The number of rotatable bonds is 13. The van der Waals surface area contributed by atoms with Crippen LogP contribution in [0.25, 0.3) is 34.4 Å². The number of fused-ring (bicyclic) bond motifs is 6. The molecular formula is C62H74Cl2F3SiZr. The second kappa shape index (κ2) is 18.3. The molecule has 0 saturated heterocycles. The second-order valence-corrected chi connectivity index (χ2v) is 66.1. The van der Waals surface area contributed by atoms with Crippen molar-refractivity contribution in [2.24, 2.45) is 22.7 Å². The van der Waals surface area contributed by atoms with Gasteiger partial charge in [0.05, 0.1) is 0 Å². The number of alkyl halides is 3. The molecule has 3 unspecified atom stereocenters. The minimum atomic E-state index is -5.76. The van der Waals surface area contributed by atoms with Gasteiger partial charge in [-0.15, -0.1) is 0 Å². The van der Waals surface area contributed by atoms with Crippen LogP contribution in [0.15, 0.2) is 96.1 Å². The van der Waals surface area contributed by atoms with E-state index in [9.17, 15) is 30.2 Å². The Hall–Kier alpha value is -2.17. The van der Waals surface area contributed by atoms with Crippen LogP contribution >= 0.6 is 17.0 Å². The molecule has 0 amide bonds. The molecule has 4 bridgehead atoms. The molecule has 6 fully saturated rings. The van der Waals surface area contributed by atoms with E-state index in [1.807, 2.05) is 0 Å². The first-order chi connectivity index (χ1) is 33.3. The van der Waals surface area contributed by atoms with E-state index < -0.39 is 34.1 Å². The van der Waals surface area contributed by atoms with Gasteiger partial charge in [0.25, 0.3) is 0 Å². The number of halogens is 5. The van der Waals surface area contributed by atoms with E-state index in [1.54, 1.807) is 0 Å². The van der Waals surface area contributed by atoms with Gasteiger partial charge in [0.1, 0.15) is 0 Å². The Kier molecular flexibility index (Phi) is 12.7. The molecule has 69 heavy (non-hydrogen) atoms. The van der Waals surface area contributed by atoms with E-state index in [-0.39, 0.29) is 24.1 Å². The van der Waals surface area contributed by atoms with Gasteiger partial charge in [-0.2, -0.15) is 0 Å². The third kappa shape index (κ3) is 8.68. The summed E-state index contributed by atoms with van der Waals surface area (Å²) in [5.41, 5.74) is 15.8. The zero-order valence-electron chi connectivity index (χ0n) is 41.1. The van der Waals surface area contributed by atoms with E-state index in [0.717, 1.165) is 24.7 Å². The van der Waals surface area contributed by atoms with Crippen LogP contribution in [0, 0.1) is 22.7 Å². The van der Waals surface area contributed by atoms with Crippen molar-refractivity contribution in [2.75, 3.05) is 0 Å². The molecule has 7 heteroatoms. The Labute approximate surface area is 420 Å². The maximum atomic E-state index is 14.8. The molecule has 0 heterocycles. The van der Waals surface area contributed by atoms with Gasteiger partial charge in [0.15, 0.2) is 0 Å². The van der Waals surface area contributed by atoms with Crippen molar-refractivity contribution in [2.45, 2.75) is 186 Å². The first-order valence-electron chi connectivity index (χ1n) is 27.8. The summed E-state index contributed by atoms with van der Waals surface area (Å²) in [5.74, 6) is 0.263. The van der Waals surface area contributed by atoms with E-state index in [0.29, 0.717) is 11.8 Å². The van der Waals surface area contributed by atoms with Crippen LogP contribution < -0.4 is 0 Å². The molecule has 4 aromatic carbocycles. The fourth-order valence-corrected chi connectivity index (χ4v) is 57.1. The van der Waals surface area contributed by atoms with Crippen molar-refractivity contribution < 1.29 is 28.7 Å². The minimum absolute atomic E-state index is 0.0884. The van der Waals surface area contributed by atoms with Gasteiger partial charge in [-0.1, -0.05) is 0 Å². The Morgan fingerprint density at radius 2 is 0.957 bits per heavy atom. The number of hydrogen-bond acceptors (Lipinski definition) is 0. The summed E-state index contributed by atoms with van der Waals surface area (Å²) in [4.78, 5) is 0. The van der Waals surface area contributed by atoms with Gasteiger partial charge in [-0.3, -0.25) is 0 Å². The first-order valence-corrected chi connectivity index (χ1v) is 43.8. The molecule has 6 saturated carbocycles. The summed E-state index contributed by atoms with van der Waals surface area (Å²) in [6.45, 7) is 2.21. The quantitative estimate of drug-likeness (QED) is 0.117. The monoisotopic (exact) mass is 1060 g/mol. The zero-order chi connectivity index (χ0) is 47.2. The first kappa shape index (κ1) is 47.8. The van der Waals surface area contributed by atoms with Crippen molar-refractivity contribution in [3.05, 3.63) is 129 Å². The average molecular weight is 1070 g/mol. The predicted molar refractivity (Wildman–Crippen MR) is 284 cm³/mol. The molecule has 0 N–H and O–H groups in total. The van der Waals surface area contributed by atoms with Gasteiger partial charge < -0.3 is 0 Å².